The fourth-order valence-corrected chi connectivity index (χ4v) is 4.57. The van der Waals surface area contributed by atoms with Crippen LogP contribution in [0.15, 0.2) is 77.7 Å². The molecule has 3 rings (SSSR count). The Hall–Kier alpha value is -3.67. The molecule has 0 aliphatic heterocycles. The number of hydrogen-bond donors (Lipinski definition) is 3. The third kappa shape index (κ3) is 5.94. The smallest absolute Gasteiger partial charge is 0.319 e. The molecule has 7 nitrogen and oxygen atoms in total. The van der Waals surface area contributed by atoms with Crippen molar-refractivity contribution in [3.8, 4) is 6.07 Å². The van der Waals surface area contributed by atoms with Gasteiger partial charge >= 0.3 is 6.03 Å². The number of amides is 2. The van der Waals surface area contributed by atoms with Gasteiger partial charge in [0.25, 0.3) is 0 Å². The van der Waals surface area contributed by atoms with Gasteiger partial charge in [0.2, 0.25) is 10.0 Å². The molecular formula is C24H24N4O3S. The van der Waals surface area contributed by atoms with Crippen LogP contribution in [0.25, 0.3) is 0 Å². The average Bonchev–Trinajstić information content (AvgIpc) is 2.77. The summed E-state index contributed by atoms with van der Waals surface area (Å²) in [5, 5.41) is 14.5. The van der Waals surface area contributed by atoms with E-state index < -0.39 is 22.1 Å². The normalized spacial score (nSPS) is 11.9. The van der Waals surface area contributed by atoms with Crippen LogP contribution >= 0.6 is 0 Å². The monoisotopic (exact) mass is 448 g/mol. The van der Waals surface area contributed by atoms with E-state index in [1.807, 2.05) is 49.4 Å². The lowest BCUT2D eigenvalue weighted by molar-refractivity contribution is 0.248. The van der Waals surface area contributed by atoms with Gasteiger partial charge in [-0.1, -0.05) is 54.1 Å². The summed E-state index contributed by atoms with van der Waals surface area (Å²) in [6.45, 7) is 3.61. The van der Waals surface area contributed by atoms with Gasteiger partial charge in [-0.2, -0.15) is 5.26 Å². The van der Waals surface area contributed by atoms with E-state index in [4.69, 9.17) is 5.26 Å². The molecule has 32 heavy (non-hydrogen) atoms. The molecule has 0 aliphatic rings. The summed E-state index contributed by atoms with van der Waals surface area (Å²) in [6.07, 6.45) is 0. The van der Waals surface area contributed by atoms with E-state index in [0.29, 0.717) is 16.8 Å². The maximum atomic E-state index is 12.9. The molecule has 3 N–H and O–H groups in total. The number of anilines is 1. The number of carbonyl (C=O) groups is 1. The molecule has 1 unspecified atom stereocenters. The number of urea groups is 1. The number of nitrogens with one attached hydrogen (secondary N) is 3. The molecule has 0 saturated heterocycles. The quantitative estimate of drug-likeness (QED) is 0.507. The van der Waals surface area contributed by atoms with E-state index in [1.54, 1.807) is 43.3 Å². The first kappa shape index (κ1) is 23.0. The molecule has 3 aromatic rings. The molecule has 0 spiro atoms. The zero-order valence-electron chi connectivity index (χ0n) is 17.8. The lowest BCUT2D eigenvalue weighted by Gasteiger charge is -2.21. The fourth-order valence-electron chi connectivity index (χ4n) is 3.30. The minimum Gasteiger partial charge on any atom is -0.330 e. The Labute approximate surface area is 188 Å². The molecule has 0 fully saturated rings. The van der Waals surface area contributed by atoms with Gasteiger partial charge in [-0.3, -0.25) is 0 Å². The minimum atomic E-state index is -3.77. The Balaban J connectivity index is 1.76. The van der Waals surface area contributed by atoms with Crippen LogP contribution in [0.2, 0.25) is 0 Å². The Morgan fingerprint density at radius 3 is 2.44 bits per heavy atom. The number of rotatable bonds is 7. The molecule has 0 aromatic heterocycles. The van der Waals surface area contributed by atoms with E-state index in [-0.39, 0.29) is 11.4 Å². The van der Waals surface area contributed by atoms with Crippen molar-refractivity contribution in [2.45, 2.75) is 24.8 Å². The molecule has 0 radical (unpaired) electrons. The predicted molar refractivity (Wildman–Crippen MR) is 124 cm³/mol. The van der Waals surface area contributed by atoms with Gasteiger partial charge < -0.3 is 10.6 Å². The molecular weight excluding hydrogens is 424 g/mol. The van der Waals surface area contributed by atoms with Crippen LogP contribution in [0.5, 0.6) is 0 Å². The van der Waals surface area contributed by atoms with Gasteiger partial charge in [-0.25, -0.2) is 17.9 Å². The van der Waals surface area contributed by atoms with Gasteiger partial charge in [0, 0.05) is 12.2 Å². The Morgan fingerprint density at radius 2 is 1.75 bits per heavy atom. The maximum Gasteiger partial charge on any atom is 0.319 e. The maximum absolute atomic E-state index is 12.9. The zero-order valence-corrected chi connectivity index (χ0v) is 18.6. The number of nitriles is 1. The first-order valence-corrected chi connectivity index (χ1v) is 11.5. The first-order chi connectivity index (χ1) is 15.3. The molecule has 3 aromatic carbocycles. The zero-order chi connectivity index (χ0) is 23.1. The van der Waals surface area contributed by atoms with Gasteiger partial charge in [0.05, 0.1) is 22.6 Å². The van der Waals surface area contributed by atoms with Gasteiger partial charge in [0.15, 0.2) is 0 Å². The molecule has 1 atom stereocenters. The molecule has 2 amide bonds. The molecule has 8 heteroatoms. The summed E-state index contributed by atoms with van der Waals surface area (Å²) in [5.41, 5.74) is 3.25. The van der Waals surface area contributed by atoms with Crippen LogP contribution in [-0.4, -0.2) is 21.0 Å². The van der Waals surface area contributed by atoms with Crippen molar-refractivity contribution in [2.75, 3.05) is 11.9 Å². The van der Waals surface area contributed by atoms with E-state index in [1.165, 1.54) is 0 Å². The summed E-state index contributed by atoms with van der Waals surface area (Å²) < 4.78 is 28.4. The van der Waals surface area contributed by atoms with Crippen LogP contribution in [-0.2, 0) is 10.0 Å². The largest absolute Gasteiger partial charge is 0.330 e. The summed E-state index contributed by atoms with van der Waals surface area (Å²) in [4.78, 5) is 12.8. The molecule has 0 bridgehead atoms. The predicted octanol–water partition coefficient (Wildman–Crippen LogP) is 4.02. The van der Waals surface area contributed by atoms with Crippen molar-refractivity contribution in [1.29, 1.82) is 5.26 Å². The third-order valence-corrected chi connectivity index (χ3v) is 6.44. The number of aryl methyl sites for hydroxylation is 2. The van der Waals surface area contributed by atoms with E-state index in [9.17, 15) is 13.2 Å². The van der Waals surface area contributed by atoms with Crippen LogP contribution in [0.4, 0.5) is 10.5 Å². The van der Waals surface area contributed by atoms with Crippen molar-refractivity contribution in [3.05, 3.63) is 95.1 Å². The number of sulfonamides is 1. The van der Waals surface area contributed by atoms with Crippen molar-refractivity contribution in [2.24, 2.45) is 0 Å². The summed E-state index contributed by atoms with van der Waals surface area (Å²) >= 11 is 0. The number of carbonyl (C=O) groups excluding carboxylic acids is 1. The Kier molecular flexibility index (Phi) is 7.25. The summed E-state index contributed by atoms with van der Waals surface area (Å²) in [6, 6.07) is 21.6. The molecule has 0 heterocycles. The van der Waals surface area contributed by atoms with E-state index in [2.05, 4.69) is 15.4 Å². The second-order valence-electron chi connectivity index (χ2n) is 7.38. The van der Waals surface area contributed by atoms with Crippen molar-refractivity contribution < 1.29 is 13.2 Å². The van der Waals surface area contributed by atoms with E-state index >= 15 is 0 Å². The van der Waals surface area contributed by atoms with E-state index in [0.717, 1.165) is 11.1 Å². The minimum absolute atomic E-state index is 0.0364. The van der Waals surface area contributed by atoms with Crippen LogP contribution in [0, 0.1) is 25.2 Å². The summed E-state index contributed by atoms with van der Waals surface area (Å²) in [7, 11) is -3.77. The van der Waals surface area contributed by atoms with Crippen molar-refractivity contribution >= 4 is 21.7 Å². The molecule has 0 saturated carbocycles. The highest BCUT2D eigenvalue weighted by Gasteiger charge is 2.21. The van der Waals surface area contributed by atoms with Gasteiger partial charge in [-0.15, -0.1) is 0 Å². The highest BCUT2D eigenvalue weighted by Crippen LogP contribution is 2.18. The highest BCUT2D eigenvalue weighted by molar-refractivity contribution is 7.89. The standard InChI is InChI=1S/C24H24N4O3S/c1-17-11-12-23(18(2)13-17)32(30,31)26-16-22(20-8-4-3-5-9-20)28-24(29)27-21-10-6-7-19(14-21)15-25/h3-14,22,26H,16H2,1-2H3,(H2,27,28,29). The van der Waals surface area contributed by atoms with Crippen molar-refractivity contribution in [3.63, 3.8) is 0 Å². The van der Waals surface area contributed by atoms with Crippen molar-refractivity contribution in [1.82, 2.24) is 10.0 Å². The Morgan fingerprint density at radius 1 is 1.00 bits per heavy atom. The second kappa shape index (κ2) is 10.1. The van der Waals surface area contributed by atoms with Crippen LogP contribution in [0.3, 0.4) is 0 Å². The first-order valence-electron chi connectivity index (χ1n) is 9.98. The lowest BCUT2D eigenvalue weighted by Crippen LogP contribution is -2.39. The Bertz CT molecular complexity index is 1250. The topological polar surface area (TPSA) is 111 Å². The van der Waals surface area contributed by atoms with Crippen LogP contribution < -0.4 is 15.4 Å². The second-order valence-corrected chi connectivity index (χ2v) is 9.11. The number of nitrogens with zero attached hydrogens (tertiary/aromatic N) is 1. The number of hydrogen-bond acceptors (Lipinski definition) is 4. The summed E-state index contributed by atoms with van der Waals surface area (Å²) in [5.74, 6) is 0. The average molecular weight is 449 g/mol. The highest BCUT2D eigenvalue weighted by atomic mass is 32.2. The van der Waals surface area contributed by atoms with Gasteiger partial charge in [0.1, 0.15) is 0 Å². The third-order valence-electron chi connectivity index (χ3n) is 4.85. The number of benzene rings is 3. The SMILES string of the molecule is Cc1ccc(S(=O)(=O)NCC(NC(=O)Nc2cccc(C#N)c2)c2ccccc2)c(C)c1. The lowest BCUT2D eigenvalue weighted by atomic mass is 10.1. The molecule has 0 aliphatic carbocycles. The van der Waals surface area contributed by atoms with Crippen LogP contribution in [0.1, 0.15) is 28.3 Å². The van der Waals surface area contributed by atoms with Gasteiger partial charge in [-0.05, 0) is 49.2 Å². The molecule has 164 valence electrons. The fraction of sp³-hybridized carbons (Fsp3) is 0.167.